The highest BCUT2D eigenvalue weighted by molar-refractivity contribution is 5.30. The van der Waals surface area contributed by atoms with Crippen molar-refractivity contribution in [1.29, 1.82) is 0 Å². The highest BCUT2D eigenvalue weighted by Crippen LogP contribution is 2.47. The number of hydrogen-bond acceptors (Lipinski definition) is 2. The lowest BCUT2D eigenvalue weighted by Gasteiger charge is -2.15. The molecule has 1 aromatic heterocycles. The summed E-state index contributed by atoms with van der Waals surface area (Å²) in [5.41, 5.74) is 1.94. The molecule has 2 aliphatic rings. The minimum Gasteiger partial charge on any atom is -0.313 e. The van der Waals surface area contributed by atoms with Gasteiger partial charge in [0, 0.05) is 30.4 Å². The van der Waals surface area contributed by atoms with Crippen molar-refractivity contribution in [2.24, 2.45) is 0 Å². The van der Waals surface area contributed by atoms with E-state index in [1.807, 2.05) is 12.4 Å². The minimum atomic E-state index is 0.464. The van der Waals surface area contributed by atoms with Gasteiger partial charge in [0.15, 0.2) is 0 Å². The lowest BCUT2D eigenvalue weighted by atomic mass is 9.97. The van der Waals surface area contributed by atoms with Crippen LogP contribution in [0.25, 0.3) is 0 Å². The fourth-order valence-corrected chi connectivity index (χ4v) is 2.05. The molecule has 0 spiro atoms. The van der Waals surface area contributed by atoms with Gasteiger partial charge < -0.3 is 5.32 Å². The van der Waals surface area contributed by atoms with E-state index in [4.69, 9.17) is 0 Å². The van der Waals surface area contributed by atoms with Gasteiger partial charge in [-0.3, -0.25) is 4.98 Å². The quantitative estimate of drug-likeness (QED) is 0.780. The highest BCUT2D eigenvalue weighted by Gasteiger charge is 2.44. The fraction of sp³-hybridized carbons (Fsp3) is 0.583. The molecule has 2 aliphatic carbocycles. The third-order valence-electron chi connectivity index (χ3n) is 3.45. The summed E-state index contributed by atoms with van der Waals surface area (Å²) in [5.74, 6) is 0. The first-order chi connectivity index (χ1) is 6.89. The Bertz CT molecular complexity index is 312. The number of nitrogens with one attached hydrogen (secondary N) is 1. The molecule has 0 aromatic carbocycles. The van der Waals surface area contributed by atoms with E-state index in [1.54, 1.807) is 0 Å². The molecular formula is C12H16N2. The Hall–Kier alpha value is -0.890. The molecule has 1 N–H and O–H groups in total. The number of nitrogens with zero attached hydrogens (tertiary/aromatic N) is 1. The maximum Gasteiger partial charge on any atom is 0.0270 e. The van der Waals surface area contributed by atoms with Gasteiger partial charge in [0.1, 0.15) is 0 Å². The Balaban J connectivity index is 1.69. The molecule has 1 aromatic rings. The average Bonchev–Trinajstić information content (AvgIpc) is 3.12. The smallest absolute Gasteiger partial charge is 0.0270 e. The highest BCUT2D eigenvalue weighted by atomic mass is 15.0. The third kappa shape index (κ3) is 1.55. The molecule has 2 heteroatoms. The van der Waals surface area contributed by atoms with Crippen molar-refractivity contribution in [3.63, 3.8) is 0 Å². The van der Waals surface area contributed by atoms with Crippen LogP contribution in [-0.2, 0) is 5.41 Å². The largest absolute Gasteiger partial charge is 0.313 e. The zero-order valence-electron chi connectivity index (χ0n) is 8.37. The van der Waals surface area contributed by atoms with Crippen LogP contribution in [-0.4, -0.2) is 17.6 Å². The van der Waals surface area contributed by atoms with E-state index in [0.29, 0.717) is 5.41 Å². The molecule has 1 heterocycles. The molecule has 0 amide bonds. The van der Waals surface area contributed by atoms with Crippen LogP contribution in [0.4, 0.5) is 0 Å². The number of aromatic nitrogens is 1. The van der Waals surface area contributed by atoms with Crippen molar-refractivity contribution >= 4 is 0 Å². The number of rotatable bonds is 4. The maximum absolute atomic E-state index is 4.07. The molecule has 74 valence electrons. The average molecular weight is 188 g/mol. The van der Waals surface area contributed by atoms with Gasteiger partial charge in [-0.1, -0.05) is 0 Å². The predicted octanol–water partition coefficient (Wildman–Crippen LogP) is 1.87. The molecule has 0 aliphatic heterocycles. The first kappa shape index (κ1) is 8.42. The summed E-state index contributed by atoms with van der Waals surface area (Å²) in [7, 11) is 0. The van der Waals surface area contributed by atoms with Crippen LogP contribution in [0.2, 0.25) is 0 Å². The van der Waals surface area contributed by atoms with Crippen molar-refractivity contribution in [1.82, 2.24) is 10.3 Å². The van der Waals surface area contributed by atoms with Crippen molar-refractivity contribution in [2.45, 2.75) is 37.1 Å². The maximum atomic E-state index is 4.07. The summed E-state index contributed by atoms with van der Waals surface area (Å²) in [6.07, 6.45) is 9.27. The Kier molecular flexibility index (Phi) is 1.84. The van der Waals surface area contributed by atoms with E-state index in [1.165, 1.54) is 37.8 Å². The van der Waals surface area contributed by atoms with Gasteiger partial charge in [0.05, 0.1) is 0 Å². The van der Waals surface area contributed by atoms with Crippen LogP contribution < -0.4 is 5.32 Å². The number of pyridine rings is 1. The summed E-state index contributed by atoms with van der Waals surface area (Å²) < 4.78 is 0. The third-order valence-corrected chi connectivity index (χ3v) is 3.45. The normalized spacial score (nSPS) is 23.4. The fourth-order valence-electron chi connectivity index (χ4n) is 2.05. The lowest BCUT2D eigenvalue weighted by Crippen LogP contribution is -2.28. The molecule has 14 heavy (non-hydrogen) atoms. The van der Waals surface area contributed by atoms with Crippen molar-refractivity contribution in [3.8, 4) is 0 Å². The molecule has 3 rings (SSSR count). The Morgan fingerprint density at radius 1 is 1.29 bits per heavy atom. The molecule has 2 saturated carbocycles. The van der Waals surface area contributed by atoms with E-state index in [2.05, 4.69) is 22.4 Å². The van der Waals surface area contributed by atoms with E-state index in [9.17, 15) is 0 Å². The van der Waals surface area contributed by atoms with Crippen LogP contribution in [0.15, 0.2) is 24.5 Å². The Labute approximate surface area is 84.7 Å². The van der Waals surface area contributed by atoms with Gasteiger partial charge in [-0.05, 0) is 43.4 Å². The monoisotopic (exact) mass is 188 g/mol. The molecular weight excluding hydrogens is 172 g/mol. The Morgan fingerprint density at radius 2 is 2.00 bits per heavy atom. The molecule has 0 atom stereocenters. The van der Waals surface area contributed by atoms with Gasteiger partial charge in [0.25, 0.3) is 0 Å². The molecule has 2 nitrogen and oxygen atoms in total. The van der Waals surface area contributed by atoms with Crippen LogP contribution >= 0.6 is 0 Å². The lowest BCUT2D eigenvalue weighted by molar-refractivity contribution is 0.571. The summed E-state index contributed by atoms with van der Waals surface area (Å²) in [6.45, 7) is 1.17. The van der Waals surface area contributed by atoms with Crippen molar-refractivity contribution in [2.75, 3.05) is 6.54 Å². The molecule has 0 unspecified atom stereocenters. The standard InChI is InChI=1S/C12H16N2/c1-2-11(1)14-9-12(5-6-12)10-3-7-13-8-4-10/h3-4,7-8,11,14H,1-2,5-6,9H2. The molecule has 0 radical (unpaired) electrons. The van der Waals surface area contributed by atoms with Crippen molar-refractivity contribution in [3.05, 3.63) is 30.1 Å². The molecule has 0 saturated heterocycles. The van der Waals surface area contributed by atoms with Crippen LogP contribution in [0.1, 0.15) is 31.2 Å². The zero-order valence-corrected chi connectivity index (χ0v) is 8.37. The zero-order chi connectivity index (χ0) is 9.43. The second-order valence-corrected chi connectivity index (χ2v) is 4.67. The first-order valence-electron chi connectivity index (χ1n) is 5.53. The number of hydrogen-bond donors (Lipinski definition) is 1. The van der Waals surface area contributed by atoms with Gasteiger partial charge in [-0.2, -0.15) is 0 Å². The summed E-state index contributed by atoms with van der Waals surface area (Å²) in [6, 6.07) is 5.16. The molecule has 2 fully saturated rings. The summed E-state index contributed by atoms with van der Waals surface area (Å²) in [4.78, 5) is 4.07. The van der Waals surface area contributed by atoms with Gasteiger partial charge in [-0.25, -0.2) is 0 Å². The minimum absolute atomic E-state index is 0.464. The van der Waals surface area contributed by atoms with E-state index >= 15 is 0 Å². The van der Waals surface area contributed by atoms with E-state index in [0.717, 1.165) is 6.04 Å². The first-order valence-corrected chi connectivity index (χ1v) is 5.53. The van der Waals surface area contributed by atoms with Crippen LogP contribution in [0.5, 0.6) is 0 Å². The van der Waals surface area contributed by atoms with Gasteiger partial charge in [0.2, 0.25) is 0 Å². The van der Waals surface area contributed by atoms with Crippen LogP contribution in [0, 0.1) is 0 Å². The second kappa shape index (κ2) is 3.06. The SMILES string of the molecule is c1cc(C2(CNC3CC3)CC2)ccn1. The van der Waals surface area contributed by atoms with Gasteiger partial charge >= 0.3 is 0 Å². The topological polar surface area (TPSA) is 24.9 Å². The molecule has 0 bridgehead atoms. The predicted molar refractivity (Wildman–Crippen MR) is 56.2 cm³/mol. The van der Waals surface area contributed by atoms with Crippen molar-refractivity contribution < 1.29 is 0 Å². The van der Waals surface area contributed by atoms with E-state index in [-0.39, 0.29) is 0 Å². The van der Waals surface area contributed by atoms with E-state index < -0.39 is 0 Å². The van der Waals surface area contributed by atoms with Gasteiger partial charge in [-0.15, -0.1) is 0 Å². The summed E-state index contributed by atoms with van der Waals surface area (Å²) in [5, 5.41) is 3.64. The summed E-state index contributed by atoms with van der Waals surface area (Å²) >= 11 is 0. The second-order valence-electron chi connectivity index (χ2n) is 4.67. The Morgan fingerprint density at radius 3 is 2.57 bits per heavy atom. The van der Waals surface area contributed by atoms with Crippen LogP contribution in [0.3, 0.4) is 0 Å².